The van der Waals surface area contributed by atoms with E-state index in [4.69, 9.17) is 10.3 Å². The van der Waals surface area contributed by atoms with Gasteiger partial charge in [0.05, 0.1) is 5.92 Å². The molecular weight excluding hydrogens is 226 g/mol. The number of nitrogens with zero attached hydrogens (tertiary/aromatic N) is 2. The molecule has 0 aliphatic heterocycles. The summed E-state index contributed by atoms with van der Waals surface area (Å²) in [5.74, 6) is 1.38. The van der Waals surface area contributed by atoms with Crippen LogP contribution in [0.5, 0.6) is 0 Å². The van der Waals surface area contributed by atoms with Crippen molar-refractivity contribution in [2.45, 2.75) is 39.2 Å². The zero-order valence-corrected chi connectivity index (χ0v) is 11.1. The van der Waals surface area contributed by atoms with Gasteiger partial charge >= 0.3 is 0 Å². The summed E-state index contributed by atoms with van der Waals surface area (Å²) >= 11 is 0. The van der Waals surface area contributed by atoms with Gasteiger partial charge in [0, 0.05) is 11.6 Å². The van der Waals surface area contributed by atoms with Gasteiger partial charge in [-0.25, -0.2) is 0 Å². The van der Waals surface area contributed by atoms with Crippen LogP contribution in [0.15, 0.2) is 28.8 Å². The highest BCUT2D eigenvalue weighted by Gasteiger charge is 2.21. The number of nitrogens with two attached hydrogens (primary N) is 1. The van der Waals surface area contributed by atoms with Gasteiger partial charge in [-0.05, 0) is 26.3 Å². The minimum atomic E-state index is 0.0146. The lowest BCUT2D eigenvalue weighted by Gasteiger charge is -2.13. The van der Waals surface area contributed by atoms with Crippen LogP contribution in [0.2, 0.25) is 0 Å². The first kappa shape index (κ1) is 12.8. The summed E-state index contributed by atoms with van der Waals surface area (Å²) in [6.07, 6.45) is 0.896. The molecule has 18 heavy (non-hydrogen) atoms. The van der Waals surface area contributed by atoms with Crippen molar-refractivity contribution >= 4 is 0 Å². The molecule has 4 nitrogen and oxygen atoms in total. The van der Waals surface area contributed by atoms with Gasteiger partial charge in [0.2, 0.25) is 11.7 Å². The van der Waals surface area contributed by atoms with E-state index in [0.717, 1.165) is 12.0 Å². The maximum Gasteiger partial charge on any atom is 0.231 e. The van der Waals surface area contributed by atoms with E-state index in [1.807, 2.05) is 38.1 Å². The molecule has 0 aliphatic carbocycles. The Morgan fingerprint density at radius 3 is 2.78 bits per heavy atom. The summed E-state index contributed by atoms with van der Waals surface area (Å²) in [5, 5.41) is 4.04. The minimum Gasteiger partial charge on any atom is -0.339 e. The molecule has 96 valence electrons. The van der Waals surface area contributed by atoms with Gasteiger partial charge in [0.25, 0.3) is 0 Å². The predicted octanol–water partition coefficient (Wildman–Crippen LogP) is 2.89. The summed E-state index contributed by atoms with van der Waals surface area (Å²) < 4.78 is 5.33. The lowest BCUT2D eigenvalue weighted by atomic mass is 9.99. The second-order valence-corrected chi connectivity index (χ2v) is 4.70. The second-order valence-electron chi connectivity index (χ2n) is 4.70. The molecule has 1 aromatic heterocycles. The van der Waals surface area contributed by atoms with Gasteiger partial charge in [-0.1, -0.05) is 35.8 Å². The fourth-order valence-electron chi connectivity index (χ4n) is 2.06. The van der Waals surface area contributed by atoms with Crippen molar-refractivity contribution in [2.24, 2.45) is 5.73 Å². The molecule has 2 rings (SSSR count). The Balaban J connectivity index is 2.30. The molecule has 1 aromatic carbocycles. The third-order valence-electron chi connectivity index (χ3n) is 3.11. The highest BCUT2D eigenvalue weighted by molar-refractivity contribution is 5.55. The van der Waals surface area contributed by atoms with Crippen LogP contribution in [0.3, 0.4) is 0 Å². The molecule has 1 heterocycles. The summed E-state index contributed by atoms with van der Waals surface area (Å²) in [7, 11) is 0. The number of benzene rings is 1. The Kier molecular flexibility index (Phi) is 3.77. The van der Waals surface area contributed by atoms with Crippen LogP contribution in [0.4, 0.5) is 0 Å². The maximum absolute atomic E-state index is 5.92. The Morgan fingerprint density at radius 1 is 1.39 bits per heavy atom. The molecule has 4 heteroatoms. The van der Waals surface area contributed by atoms with Crippen molar-refractivity contribution in [1.82, 2.24) is 10.1 Å². The first-order chi connectivity index (χ1) is 8.61. The van der Waals surface area contributed by atoms with E-state index in [9.17, 15) is 0 Å². The standard InChI is InChI=1S/C14H19N3O/c1-4-12(10(3)15)14-16-13(17-18-14)11-7-5-6-9(2)8-11/h5-8,10,12H,4,15H2,1-3H3. The van der Waals surface area contributed by atoms with Crippen LogP contribution < -0.4 is 5.73 Å². The van der Waals surface area contributed by atoms with E-state index in [1.54, 1.807) is 0 Å². The minimum absolute atomic E-state index is 0.0146. The molecule has 2 aromatic rings. The van der Waals surface area contributed by atoms with Crippen molar-refractivity contribution in [3.05, 3.63) is 35.7 Å². The molecule has 0 spiro atoms. The molecule has 2 atom stereocenters. The monoisotopic (exact) mass is 245 g/mol. The zero-order valence-electron chi connectivity index (χ0n) is 11.1. The van der Waals surface area contributed by atoms with Crippen LogP contribution in [-0.2, 0) is 0 Å². The lowest BCUT2D eigenvalue weighted by molar-refractivity contribution is 0.334. The normalized spacial score (nSPS) is 14.4. The molecule has 0 amide bonds. The largest absolute Gasteiger partial charge is 0.339 e. The first-order valence-corrected chi connectivity index (χ1v) is 6.28. The summed E-state index contributed by atoms with van der Waals surface area (Å²) in [6.45, 7) is 6.08. The Morgan fingerprint density at radius 2 is 2.17 bits per heavy atom. The molecule has 2 unspecified atom stereocenters. The number of hydrogen-bond acceptors (Lipinski definition) is 4. The predicted molar refractivity (Wildman–Crippen MR) is 71.2 cm³/mol. The van der Waals surface area contributed by atoms with Crippen molar-refractivity contribution in [1.29, 1.82) is 0 Å². The molecule has 0 saturated carbocycles. The van der Waals surface area contributed by atoms with Crippen LogP contribution in [-0.4, -0.2) is 16.2 Å². The van der Waals surface area contributed by atoms with Gasteiger partial charge in [0.15, 0.2) is 0 Å². The van der Waals surface area contributed by atoms with Crippen molar-refractivity contribution in [3.8, 4) is 11.4 Å². The van der Waals surface area contributed by atoms with Gasteiger partial charge < -0.3 is 10.3 Å². The number of aryl methyl sites for hydroxylation is 1. The number of rotatable bonds is 4. The quantitative estimate of drug-likeness (QED) is 0.899. The summed E-state index contributed by atoms with van der Waals surface area (Å²) in [6, 6.07) is 8.07. The summed E-state index contributed by atoms with van der Waals surface area (Å²) in [5.41, 5.74) is 8.08. The van der Waals surface area contributed by atoms with Crippen molar-refractivity contribution < 1.29 is 4.52 Å². The van der Waals surface area contributed by atoms with Crippen molar-refractivity contribution in [2.75, 3.05) is 0 Å². The maximum atomic E-state index is 5.92. The number of hydrogen-bond donors (Lipinski definition) is 1. The Bertz CT molecular complexity index is 519. The van der Waals surface area contributed by atoms with E-state index in [-0.39, 0.29) is 12.0 Å². The molecule has 0 radical (unpaired) electrons. The first-order valence-electron chi connectivity index (χ1n) is 6.28. The van der Waals surface area contributed by atoms with Crippen LogP contribution >= 0.6 is 0 Å². The lowest BCUT2D eigenvalue weighted by Crippen LogP contribution is -2.24. The smallest absolute Gasteiger partial charge is 0.231 e. The molecule has 0 aliphatic rings. The average Bonchev–Trinajstić information content (AvgIpc) is 2.79. The highest BCUT2D eigenvalue weighted by atomic mass is 16.5. The second kappa shape index (κ2) is 5.31. The molecule has 0 bridgehead atoms. The molecule has 0 saturated heterocycles. The van der Waals surface area contributed by atoms with Gasteiger partial charge in [0.1, 0.15) is 0 Å². The van der Waals surface area contributed by atoms with Crippen molar-refractivity contribution in [3.63, 3.8) is 0 Å². The van der Waals surface area contributed by atoms with Gasteiger partial charge in [-0.3, -0.25) is 0 Å². The van der Waals surface area contributed by atoms with Gasteiger partial charge in [-0.15, -0.1) is 0 Å². The Hall–Kier alpha value is -1.68. The third kappa shape index (κ3) is 2.59. The highest BCUT2D eigenvalue weighted by Crippen LogP contribution is 2.24. The average molecular weight is 245 g/mol. The third-order valence-corrected chi connectivity index (χ3v) is 3.11. The topological polar surface area (TPSA) is 64.9 Å². The van der Waals surface area contributed by atoms with Crippen LogP contribution in [0.25, 0.3) is 11.4 Å². The molecule has 0 fully saturated rings. The summed E-state index contributed by atoms with van der Waals surface area (Å²) in [4.78, 5) is 4.46. The van der Waals surface area contributed by atoms with Crippen LogP contribution in [0.1, 0.15) is 37.6 Å². The van der Waals surface area contributed by atoms with E-state index >= 15 is 0 Å². The van der Waals surface area contributed by atoms with Gasteiger partial charge in [-0.2, -0.15) is 4.98 Å². The number of aromatic nitrogens is 2. The fraction of sp³-hybridized carbons (Fsp3) is 0.429. The Labute approximate surface area is 107 Å². The molecular formula is C14H19N3O. The molecule has 2 N–H and O–H groups in total. The zero-order chi connectivity index (χ0) is 13.1. The van der Waals surface area contributed by atoms with E-state index in [2.05, 4.69) is 17.1 Å². The SMILES string of the molecule is CCC(c1nc(-c2cccc(C)c2)no1)C(C)N. The van der Waals surface area contributed by atoms with E-state index in [1.165, 1.54) is 5.56 Å². The fourth-order valence-corrected chi connectivity index (χ4v) is 2.06. The van der Waals surface area contributed by atoms with Crippen LogP contribution in [0, 0.1) is 6.92 Å². The van der Waals surface area contributed by atoms with E-state index < -0.39 is 0 Å². The van der Waals surface area contributed by atoms with E-state index in [0.29, 0.717) is 11.7 Å².